The van der Waals surface area contributed by atoms with Gasteiger partial charge >= 0.3 is 6.09 Å². The number of hydrogen-bond donors (Lipinski definition) is 3. The highest BCUT2D eigenvalue weighted by atomic mass is 16.5. The standard InChI is InChI=1S/C23H25N3O5/c1-16(31-17(2)22(28)25-14-21(27)24-3)20-11-9-18(10-12-20)13-26-23(29)30-15-19-7-5-4-6-8-19/h4-12H,1-2,13-15H2,3H3,(H,24,27)(H,25,28)(H,26,29). The third-order valence-electron chi connectivity index (χ3n) is 4.11. The molecule has 3 N–H and O–H groups in total. The van der Waals surface area contributed by atoms with E-state index in [1.54, 1.807) is 24.3 Å². The molecular formula is C23H25N3O5. The highest BCUT2D eigenvalue weighted by Crippen LogP contribution is 2.17. The molecule has 2 aromatic rings. The Morgan fingerprint density at radius 1 is 0.903 bits per heavy atom. The third kappa shape index (κ3) is 8.06. The lowest BCUT2D eigenvalue weighted by Crippen LogP contribution is -2.36. The zero-order valence-corrected chi connectivity index (χ0v) is 17.3. The van der Waals surface area contributed by atoms with Gasteiger partial charge in [0.1, 0.15) is 12.4 Å². The lowest BCUT2D eigenvalue weighted by Gasteiger charge is -2.12. The fourth-order valence-corrected chi connectivity index (χ4v) is 2.36. The molecule has 3 amide bonds. The predicted molar refractivity (Wildman–Crippen MR) is 116 cm³/mol. The highest BCUT2D eigenvalue weighted by molar-refractivity contribution is 5.94. The van der Waals surface area contributed by atoms with Gasteiger partial charge in [0.15, 0.2) is 5.76 Å². The quantitative estimate of drug-likeness (QED) is 0.402. The van der Waals surface area contributed by atoms with Gasteiger partial charge in [0.2, 0.25) is 5.91 Å². The number of nitrogens with one attached hydrogen (secondary N) is 3. The van der Waals surface area contributed by atoms with Crippen molar-refractivity contribution in [2.45, 2.75) is 13.2 Å². The van der Waals surface area contributed by atoms with Crippen molar-refractivity contribution in [2.24, 2.45) is 0 Å². The van der Waals surface area contributed by atoms with Gasteiger partial charge in [-0.2, -0.15) is 0 Å². The van der Waals surface area contributed by atoms with Crippen molar-refractivity contribution >= 4 is 23.7 Å². The molecule has 0 aliphatic carbocycles. The van der Waals surface area contributed by atoms with E-state index in [1.165, 1.54) is 7.05 Å². The van der Waals surface area contributed by atoms with Crippen LogP contribution >= 0.6 is 0 Å². The Labute approximate surface area is 180 Å². The van der Waals surface area contributed by atoms with E-state index < -0.39 is 12.0 Å². The molecule has 0 heterocycles. The van der Waals surface area contributed by atoms with Crippen LogP contribution < -0.4 is 16.0 Å². The molecule has 0 fully saturated rings. The van der Waals surface area contributed by atoms with Gasteiger partial charge in [0.05, 0.1) is 6.54 Å². The van der Waals surface area contributed by atoms with Crippen molar-refractivity contribution in [3.8, 4) is 0 Å². The molecule has 0 bridgehead atoms. The summed E-state index contributed by atoms with van der Waals surface area (Å²) in [6.07, 6.45) is -0.514. The van der Waals surface area contributed by atoms with E-state index in [4.69, 9.17) is 9.47 Å². The maximum atomic E-state index is 11.9. The number of alkyl carbamates (subject to hydrolysis) is 1. The topological polar surface area (TPSA) is 106 Å². The molecule has 0 radical (unpaired) electrons. The van der Waals surface area contributed by atoms with Crippen LogP contribution in [0.4, 0.5) is 4.79 Å². The minimum Gasteiger partial charge on any atom is -0.452 e. The Hall–Kier alpha value is -4.07. The smallest absolute Gasteiger partial charge is 0.407 e. The third-order valence-corrected chi connectivity index (χ3v) is 4.11. The van der Waals surface area contributed by atoms with Crippen LogP contribution in [0.3, 0.4) is 0 Å². The minimum atomic E-state index is -0.611. The van der Waals surface area contributed by atoms with E-state index in [9.17, 15) is 14.4 Å². The van der Waals surface area contributed by atoms with Gasteiger partial charge in [-0.3, -0.25) is 9.59 Å². The summed E-state index contributed by atoms with van der Waals surface area (Å²) in [6.45, 7) is 7.63. The molecule has 0 aliphatic heterocycles. The first-order valence-electron chi connectivity index (χ1n) is 9.47. The normalized spacial score (nSPS) is 9.84. The molecule has 8 heteroatoms. The van der Waals surface area contributed by atoms with Crippen molar-refractivity contribution < 1.29 is 23.9 Å². The highest BCUT2D eigenvalue weighted by Gasteiger charge is 2.12. The fourth-order valence-electron chi connectivity index (χ4n) is 2.36. The molecule has 2 rings (SSSR count). The maximum absolute atomic E-state index is 11.9. The summed E-state index contributed by atoms with van der Waals surface area (Å²) in [5.74, 6) is -0.907. The summed E-state index contributed by atoms with van der Waals surface area (Å²) in [4.78, 5) is 34.9. The molecule has 2 aromatic carbocycles. The second-order valence-corrected chi connectivity index (χ2v) is 6.42. The molecule has 0 aliphatic rings. The van der Waals surface area contributed by atoms with E-state index in [0.717, 1.165) is 11.1 Å². The number of carbonyl (C=O) groups excluding carboxylic acids is 3. The molecule has 0 saturated carbocycles. The molecule has 8 nitrogen and oxygen atoms in total. The Bertz CT molecular complexity index is 939. The Morgan fingerprint density at radius 3 is 2.23 bits per heavy atom. The van der Waals surface area contributed by atoms with Crippen LogP contribution in [-0.4, -0.2) is 31.5 Å². The van der Waals surface area contributed by atoms with Crippen molar-refractivity contribution in [3.63, 3.8) is 0 Å². The zero-order valence-electron chi connectivity index (χ0n) is 17.3. The van der Waals surface area contributed by atoms with Crippen LogP contribution in [0.2, 0.25) is 0 Å². The van der Waals surface area contributed by atoms with Gasteiger partial charge in [-0.15, -0.1) is 0 Å². The van der Waals surface area contributed by atoms with Crippen molar-refractivity contribution in [1.29, 1.82) is 0 Å². The average molecular weight is 423 g/mol. The van der Waals surface area contributed by atoms with Crippen molar-refractivity contribution in [2.75, 3.05) is 13.6 Å². The lowest BCUT2D eigenvalue weighted by atomic mass is 10.1. The van der Waals surface area contributed by atoms with Crippen LogP contribution in [0.15, 0.2) is 73.5 Å². The molecule has 0 aromatic heterocycles. The number of benzene rings is 2. The fraction of sp³-hybridized carbons (Fsp3) is 0.174. The van der Waals surface area contributed by atoms with Gasteiger partial charge < -0.3 is 25.4 Å². The van der Waals surface area contributed by atoms with Crippen LogP contribution in [0, 0.1) is 0 Å². The summed E-state index contributed by atoms with van der Waals surface area (Å²) < 4.78 is 10.5. The molecular weight excluding hydrogens is 398 g/mol. The Kier molecular flexibility index (Phi) is 8.85. The monoisotopic (exact) mass is 423 g/mol. The van der Waals surface area contributed by atoms with Crippen molar-refractivity contribution in [1.82, 2.24) is 16.0 Å². The van der Waals surface area contributed by atoms with Crippen LogP contribution in [0.1, 0.15) is 16.7 Å². The van der Waals surface area contributed by atoms with Gasteiger partial charge in [-0.1, -0.05) is 67.8 Å². The number of carbonyl (C=O) groups is 3. The first-order chi connectivity index (χ1) is 14.9. The van der Waals surface area contributed by atoms with E-state index in [-0.39, 0.29) is 37.1 Å². The number of amides is 3. The number of likely N-dealkylation sites (N-methyl/N-ethyl adjacent to an activating group) is 1. The minimum absolute atomic E-state index is 0.180. The lowest BCUT2D eigenvalue weighted by molar-refractivity contribution is -0.125. The maximum Gasteiger partial charge on any atom is 0.407 e. The van der Waals surface area contributed by atoms with Crippen molar-refractivity contribution in [3.05, 3.63) is 90.2 Å². The van der Waals surface area contributed by atoms with Crippen LogP contribution in [0.25, 0.3) is 5.76 Å². The van der Waals surface area contributed by atoms with Gasteiger partial charge in [0.25, 0.3) is 5.91 Å². The Morgan fingerprint density at radius 2 is 1.58 bits per heavy atom. The predicted octanol–water partition coefficient (Wildman–Crippen LogP) is 2.48. The number of ether oxygens (including phenoxy) is 2. The molecule has 0 spiro atoms. The first-order valence-corrected chi connectivity index (χ1v) is 9.47. The molecule has 0 atom stereocenters. The van der Waals surface area contributed by atoms with E-state index in [2.05, 4.69) is 29.1 Å². The van der Waals surface area contributed by atoms with E-state index in [1.807, 2.05) is 30.3 Å². The summed E-state index contributed by atoms with van der Waals surface area (Å²) in [6, 6.07) is 16.5. The van der Waals surface area contributed by atoms with Gasteiger partial charge in [0, 0.05) is 19.2 Å². The first kappa shape index (κ1) is 23.2. The number of hydrogen-bond acceptors (Lipinski definition) is 5. The van der Waals surface area contributed by atoms with E-state index >= 15 is 0 Å². The summed E-state index contributed by atoms with van der Waals surface area (Å²) in [5, 5.41) is 7.44. The molecule has 0 unspecified atom stereocenters. The summed E-state index contributed by atoms with van der Waals surface area (Å²) >= 11 is 0. The molecule has 162 valence electrons. The largest absolute Gasteiger partial charge is 0.452 e. The second-order valence-electron chi connectivity index (χ2n) is 6.42. The SMILES string of the molecule is C=C(OC(=C)c1ccc(CNC(=O)OCc2ccccc2)cc1)C(=O)NCC(=O)NC. The number of rotatable bonds is 10. The van der Waals surface area contributed by atoms with E-state index in [0.29, 0.717) is 5.56 Å². The van der Waals surface area contributed by atoms with Gasteiger partial charge in [-0.05, 0) is 11.1 Å². The molecule has 31 heavy (non-hydrogen) atoms. The average Bonchev–Trinajstić information content (AvgIpc) is 2.80. The second kappa shape index (κ2) is 11.8. The summed E-state index contributed by atoms with van der Waals surface area (Å²) in [7, 11) is 1.47. The van der Waals surface area contributed by atoms with Crippen LogP contribution in [0.5, 0.6) is 0 Å². The zero-order chi connectivity index (χ0) is 22.6. The Balaban J connectivity index is 1.76. The summed E-state index contributed by atoms with van der Waals surface area (Å²) in [5.41, 5.74) is 2.38. The molecule has 0 saturated heterocycles. The van der Waals surface area contributed by atoms with Gasteiger partial charge in [-0.25, -0.2) is 4.79 Å². The van der Waals surface area contributed by atoms with Crippen LogP contribution in [-0.2, 0) is 32.2 Å².